The monoisotopic (exact) mass is 426 g/mol. The zero-order valence-electron chi connectivity index (χ0n) is 16.0. The fourth-order valence-corrected chi connectivity index (χ4v) is 5.16. The van der Waals surface area contributed by atoms with Crippen LogP contribution in [0.1, 0.15) is 44.7 Å². The van der Waals surface area contributed by atoms with E-state index in [-0.39, 0.29) is 34.6 Å². The van der Waals surface area contributed by atoms with Gasteiger partial charge in [-0.1, -0.05) is 18.2 Å². The van der Waals surface area contributed by atoms with Gasteiger partial charge in [0.25, 0.3) is 11.8 Å². The molecule has 1 N–H and O–H groups in total. The molecule has 9 heteroatoms. The van der Waals surface area contributed by atoms with E-state index in [1.807, 2.05) is 0 Å². The fraction of sp³-hybridized carbons (Fsp3) is 0.238. The molecule has 8 nitrogen and oxygen atoms in total. The van der Waals surface area contributed by atoms with Gasteiger partial charge in [-0.25, -0.2) is 8.42 Å². The molecule has 30 heavy (non-hydrogen) atoms. The van der Waals surface area contributed by atoms with Crippen molar-refractivity contribution in [1.29, 1.82) is 0 Å². The summed E-state index contributed by atoms with van der Waals surface area (Å²) in [7, 11) is -3.64. The van der Waals surface area contributed by atoms with Crippen LogP contribution >= 0.6 is 0 Å². The van der Waals surface area contributed by atoms with Gasteiger partial charge in [0.1, 0.15) is 6.04 Å². The summed E-state index contributed by atoms with van der Waals surface area (Å²) in [6, 6.07) is 9.75. The number of rotatable bonds is 4. The van der Waals surface area contributed by atoms with Crippen molar-refractivity contribution in [2.45, 2.75) is 36.5 Å². The molecular formula is C21H18N2O6S. The number of carbonyl (C=O) groups is 4. The Morgan fingerprint density at radius 1 is 1.00 bits per heavy atom. The van der Waals surface area contributed by atoms with Crippen molar-refractivity contribution in [3.8, 4) is 0 Å². The van der Waals surface area contributed by atoms with Crippen molar-refractivity contribution in [1.82, 2.24) is 10.2 Å². The highest BCUT2D eigenvalue weighted by molar-refractivity contribution is 7.90. The van der Waals surface area contributed by atoms with Crippen molar-refractivity contribution >= 4 is 33.5 Å². The number of carbonyl (C=O) groups excluding carboxylic acids is 4. The van der Waals surface area contributed by atoms with Crippen LogP contribution in [-0.2, 0) is 25.2 Å². The molecule has 1 fully saturated rings. The summed E-state index contributed by atoms with van der Waals surface area (Å²) in [4.78, 5) is 50.1. The van der Waals surface area contributed by atoms with Crippen molar-refractivity contribution in [2.75, 3.05) is 0 Å². The third kappa shape index (κ3) is 3.41. The van der Waals surface area contributed by atoms with E-state index in [1.54, 1.807) is 25.1 Å². The second kappa shape index (κ2) is 7.17. The standard InChI is InChI=1S/C21H18N2O6S/c1-12-3-2-4-14(9-12)30(28,29)11-13-5-6-15-16(10-13)21(27)23(20(15)26)17-7-8-18(24)22-19(17)25/h2-6,9-10,17H,7-8,11H2,1H3,(H,22,24,25). The smallest absolute Gasteiger partial charge is 0.262 e. The first-order valence-corrected chi connectivity index (χ1v) is 11.0. The second-order valence-electron chi connectivity index (χ2n) is 7.40. The van der Waals surface area contributed by atoms with Gasteiger partial charge in [-0.05, 0) is 48.7 Å². The van der Waals surface area contributed by atoms with Crippen molar-refractivity contribution in [3.63, 3.8) is 0 Å². The van der Waals surface area contributed by atoms with Crippen LogP contribution in [-0.4, -0.2) is 43.0 Å². The molecule has 0 aliphatic carbocycles. The third-order valence-corrected chi connectivity index (χ3v) is 6.90. The van der Waals surface area contributed by atoms with Crippen LogP contribution in [0.2, 0.25) is 0 Å². The highest BCUT2D eigenvalue weighted by Gasteiger charge is 2.44. The molecule has 0 radical (unpaired) electrons. The van der Waals surface area contributed by atoms with E-state index in [2.05, 4.69) is 5.32 Å². The number of nitrogens with zero attached hydrogens (tertiary/aromatic N) is 1. The molecule has 1 atom stereocenters. The van der Waals surface area contributed by atoms with E-state index in [0.717, 1.165) is 10.5 Å². The largest absolute Gasteiger partial charge is 0.295 e. The molecule has 4 rings (SSSR count). The van der Waals surface area contributed by atoms with Gasteiger partial charge in [0.05, 0.1) is 21.8 Å². The molecule has 0 saturated carbocycles. The summed E-state index contributed by atoms with van der Waals surface area (Å²) >= 11 is 0. The quantitative estimate of drug-likeness (QED) is 0.738. The summed E-state index contributed by atoms with van der Waals surface area (Å²) < 4.78 is 25.5. The van der Waals surface area contributed by atoms with Gasteiger partial charge < -0.3 is 0 Å². The first kappa shape index (κ1) is 20.0. The predicted molar refractivity (Wildman–Crippen MR) is 105 cm³/mol. The Balaban J connectivity index is 1.62. The molecule has 2 heterocycles. The van der Waals surface area contributed by atoms with Gasteiger partial charge >= 0.3 is 0 Å². The molecule has 1 unspecified atom stereocenters. The Kier molecular flexibility index (Phi) is 4.77. The SMILES string of the molecule is Cc1cccc(S(=O)(=O)Cc2ccc3c(c2)C(=O)N(C2CCC(=O)NC2=O)C3=O)c1. The molecule has 2 aromatic carbocycles. The number of hydrogen-bond donors (Lipinski definition) is 1. The number of hydrogen-bond acceptors (Lipinski definition) is 6. The highest BCUT2D eigenvalue weighted by atomic mass is 32.2. The Morgan fingerprint density at radius 2 is 1.73 bits per heavy atom. The van der Waals surface area contributed by atoms with Crippen molar-refractivity contribution in [2.24, 2.45) is 0 Å². The van der Waals surface area contributed by atoms with Gasteiger partial charge in [0.2, 0.25) is 11.8 Å². The summed E-state index contributed by atoms with van der Waals surface area (Å²) in [6.45, 7) is 1.79. The lowest BCUT2D eigenvalue weighted by molar-refractivity contribution is -0.136. The van der Waals surface area contributed by atoms with Crippen LogP contribution in [0.25, 0.3) is 0 Å². The number of sulfone groups is 1. The summed E-state index contributed by atoms with van der Waals surface area (Å²) in [5.41, 5.74) is 1.34. The van der Waals surface area contributed by atoms with Crippen LogP contribution in [0.3, 0.4) is 0 Å². The Hall–Kier alpha value is -3.33. The normalized spacial score (nSPS) is 19.1. The number of nitrogens with one attached hydrogen (secondary N) is 1. The molecule has 1 saturated heterocycles. The molecule has 2 aliphatic rings. The molecule has 0 spiro atoms. The average molecular weight is 426 g/mol. The molecule has 154 valence electrons. The molecule has 2 aromatic rings. The highest BCUT2D eigenvalue weighted by Crippen LogP contribution is 2.29. The summed E-state index contributed by atoms with van der Waals surface area (Å²) in [5.74, 6) is -2.76. The van der Waals surface area contributed by atoms with Gasteiger partial charge in [-0.2, -0.15) is 0 Å². The van der Waals surface area contributed by atoms with Gasteiger partial charge in [0, 0.05) is 6.42 Å². The van der Waals surface area contributed by atoms with Crippen LogP contribution in [0.5, 0.6) is 0 Å². The Bertz CT molecular complexity index is 1220. The fourth-order valence-electron chi connectivity index (χ4n) is 3.72. The van der Waals surface area contributed by atoms with Crippen LogP contribution in [0.4, 0.5) is 0 Å². The predicted octanol–water partition coefficient (Wildman–Crippen LogP) is 1.37. The zero-order valence-corrected chi connectivity index (χ0v) is 16.9. The number of imide groups is 2. The molecule has 2 aliphatic heterocycles. The maximum Gasteiger partial charge on any atom is 0.262 e. The minimum absolute atomic E-state index is 0.0315. The number of amides is 4. The van der Waals surface area contributed by atoms with E-state index in [9.17, 15) is 27.6 Å². The maximum atomic E-state index is 12.9. The number of piperidine rings is 1. The summed E-state index contributed by atoms with van der Waals surface area (Å²) in [5, 5.41) is 2.14. The minimum Gasteiger partial charge on any atom is -0.295 e. The summed E-state index contributed by atoms with van der Waals surface area (Å²) in [6.07, 6.45) is 0.0918. The first-order valence-electron chi connectivity index (χ1n) is 9.31. The van der Waals surface area contributed by atoms with E-state index in [0.29, 0.717) is 5.56 Å². The van der Waals surface area contributed by atoms with Crippen LogP contribution < -0.4 is 5.32 Å². The van der Waals surface area contributed by atoms with Gasteiger partial charge in [0.15, 0.2) is 9.84 Å². The lowest BCUT2D eigenvalue weighted by atomic mass is 10.0. The van der Waals surface area contributed by atoms with Gasteiger partial charge in [-0.15, -0.1) is 0 Å². The number of benzene rings is 2. The third-order valence-electron chi connectivity index (χ3n) is 5.21. The molecule has 0 aromatic heterocycles. The minimum atomic E-state index is -3.64. The average Bonchev–Trinajstić information content (AvgIpc) is 2.92. The van der Waals surface area contributed by atoms with Crippen molar-refractivity contribution < 1.29 is 27.6 Å². The lowest BCUT2D eigenvalue weighted by Crippen LogP contribution is -2.54. The second-order valence-corrected chi connectivity index (χ2v) is 9.39. The molecular weight excluding hydrogens is 408 g/mol. The maximum absolute atomic E-state index is 12.9. The van der Waals surface area contributed by atoms with E-state index < -0.39 is 39.5 Å². The Morgan fingerprint density at radius 3 is 2.43 bits per heavy atom. The Labute approximate surface area is 172 Å². The number of aryl methyl sites for hydroxylation is 1. The van der Waals surface area contributed by atoms with E-state index in [4.69, 9.17) is 0 Å². The van der Waals surface area contributed by atoms with E-state index >= 15 is 0 Å². The van der Waals surface area contributed by atoms with Gasteiger partial charge in [-0.3, -0.25) is 29.4 Å². The van der Waals surface area contributed by atoms with Crippen LogP contribution in [0, 0.1) is 6.92 Å². The van der Waals surface area contributed by atoms with Crippen LogP contribution in [0.15, 0.2) is 47.4 Å². The molecule has 0 bridgehead atoms. The van der Waals surface area contributed by atoms with E-state index in [1.165, 1.54) is 24.3 Å². The lowest BCUT2D eigenvalue weighted by Gasteiger charge is -2.27. The topological polar surface area (TPSA) is 118 Å². The molecule has 4 amide bonds. The first-order chi connectivity index (χ1) is 14.2. The number of fused-ring (bicyclic) bond motifs is 1. The van der Waals surface area contributed by atoms with Crippen molar-refractivity contribution in [3.05, 3.63) is 64.7 Å². The zero-order chi connectivity index (χ0) is 21.6.